The fraction of sp³-hybridized carbons (Fsp3) is 0.579. The third-order valence-corrected chi connectivity index (χ3v) is 5.48. The number of benzene rings is 1. The molecule has 2 saturated heterocycles. The molecule has 28 heavy (non-hydrogen) atoms. The van der Waals surface area contributed by atoms with Crippen molar-refractivity contribution in [2.45, 2.75) is 18.9 Å². The van der Waals surface area contributed by atoms with E-state index in [1.165, 1.54) is 7.11 Å². The molecule has 0 spiro atoms. The number of methoxy groups -OCH3 is 1. The number of likely N-dealkylation sites (N-methyl/N-ethyl adjacent to an activating group) is 1. The molecule has 0 unspecified atom stereocenters. The van der Waals surface area contributed by atoms with Crippen LogP contribution in [0.3, 0.4) is 0 Å². The number of guanidine groups is 1. The number of carbonyl (C=O) groups excluding carboxylic acids is 1. The number of hydrogen-bond acceptors (Lipinski definition) is 5. The Hall–Kier alpha value is -2.03. The molecular formula is C19H31ClN6O2. The van der Waals surface area contributed by atoms with Gasteiger partial charge < -0.3 is 26.0 Å². The minimum absolute atomic E-state index is 0. The van der Waals surface area contributed by atoms with Gasteiger partial charge in [-0.15, -0.1) is 12.4 Å². The second-order valence-electron chi connectivity index (χ2n) is 7.29. The van der Waals surface area contributed by atoms with E-state index in [1.807, 2.05) is 4.90 Å². The summed E-state index contributed by atoms with van der Waals surface area (Å²) in [5, 5.41) is 0. The van der Waals surface area contributed by atoms with Gasteiger partial charge in [-0.25, -0.2) is 4.99 Å². The van der Waals surface area contributed by atoms with Crippen LogP contribution in [0.5, 0.6) is 5.75 Å². The Bertz CT molecular complexity index is 694. The Morgan fingerprint density at radius 2 is 1.75 bits per heavy atom. The van der Waals surface area contributed by atoms with E-state index in [0.29, 0.717) is 23.0 Å². The smallest absolute Gasteiger partial charge is 0.253 e. The van der Waals surface area contributed by atoms with Crippen molar-refractivity contribution in [2.75, 3.05) is 53.4 Å². The summed E-state index contributed by atoms with van der Waals surface area (Å²) in [6.07, 6.45) is 2.05. The molecule has 156 valence electrons. The Balaban J connectivity index is 0.00000280. The Labute approximate surface area is 172 Å². The first-order chi connectivity index (χ1) is 13.0. The van der Waals surface area contributed by atoms with Crippen LogP contribution >= 0.6 is 12.4 Å². The number of halogens is 1. The van der Waals surface area contributed by atoms with Gasteiger partial charge in [-0.2, -0.15) is 0 Å². The Morgan fingerprint density at radius 3 is 2.32 bits per heavy atom. The number of ether oxygens (including phenoxy) is 1. The van der Waals surface area contributed by atoms with E-state index < -0.39 is 0 Å². The summed E-state index contributed by atoms with van der Waals surface area (Å²) in [6.45, 7) is 6.07. The number of nitrogens with zero attached hydrogens (tertiary/aromatic N) is 4. The number of carbonyl (C=O) groups is 1. The van der Waals surface area contributed by atoms with Gasteiger partial charge in [0.15, 0.2) is 5.96 Å². The van der Waals surface area contributed by atoms with Crippen molar-refractivity contribution in [2.24, 2.45) is 16.5 Å². The monoisotopic (exact) mass is 410 g/mol. The number of nitrogens with two attached hydrogens (primary N) is 2. The summed E-state index contributed by atoms with van der Waals surface area (Å²) in [6, 6.07) is 5.75. The minimum atomic E-state index is -0.0432. The van der Waals surface area contributed by atoms with Crippen LogP contribution in [0.1, 0.15) is 23.2 Å². The van der Waals surface area contributed by atoms with Crippen LogP contribution in [0.15, 0.2) is 23.2 Å². The molecule has 1 amide bonds. The second-order valence-corrected chi connectivity index (χ2v) is 7.29. The summed E-state index contributed by atoms with van der Waals surface area (Å²) in [7, 11) is 3.71. The van der Waals surface area contributed by atoms with Crippen LogP contribution in [-0.2, 0) is 0 Å². The van der Waals surface area contributed by atoms with Crippen molar-refractivity contribution in [1.82, 2.24) is 14.7 Å². The summed E-state index contributed by atoms with van der Waals surface area (Å²) in [5.74, 6) is 0.473. The van der Waals surface area contributed by atoms with E-state index in [9.17, 15) is 4.79 Å². The average Bonchev–Trinajstić information content (AvgIpc) is 2.68. The standard InChI is InChI=1S/C19H30N6O2.ClH/c1-23-9-11-24(12-10-23)15-5-7-25(8-6-15)18(26)14-3-4-16(22-19(20)21)17(13-14)27-2;/h3-4,13,15H,5-12H2,1-2H3,(H4,20,21,22);1H. The molecule has 0 aliphatic carbocycles. The highest BCUT2D eigenvalue weighted by Crippen LogP contribution is 2.29. The maximum absolute atomic E-state index is 12.9. The van der Waals surface area contributed by atoms with Crippen molar-refractivity contribution in [3.05, 3.63) is 23.8 Å². The van der Waals surface area contributed by atoms with Crippen molar-refractivity contribution in [3.8, 4) is 5.75 Å². The molecule has 3 rings (SSSR count). The van der Waals surface area contributed by atoms with Crippen molar-refractivity contribution < 1.29 is 9.53 Å². The number of amides is 1. The third-order valence-electron chi connectivity index (χ3n) is 5.48. The summed E-state index contributed by atoms with van der Waals surface area (Å²) >= 11 is 0. The predicted molar refractivity (Wildman–Crippen MR) is 114 cm³/mol. The molecule has 0 radical (unpaired) electrons. The molecule has 2 fully saturated rings. The highest BCUT2D eigenvalue weighted by Gasteiger charge is 2.29. The van der Waals surface area contributed by atoms with E-state index in [0.717, 1.165) is 52.1 Å². The first-order valence-corrected chi connectivity index (χ1v) is 9.47. The number of likely N-dealkylation sites (tertiary alicyclic amines) is 1. The number of aliphatic imine (C=N–C) groups is 1. The molecule has 8 nitrogen and oxygen atoms in total. The van der Waals surface area contributed by atoms with E-state index in [2.05, 4.69) is 21.8 Å². The van der Waals surface area contributed by atoms with Gasteiger partial charge in [0, 0.05) is 50.9 Å². The SMILES string of the molecule is COc1cc(C(=O)N2CCC(N3CCN(C)CC3)CC2)ccc1N=C(N)N.Cl. The summed E-state index contributed by atoms with van der Waals surface area (Å²) in [5.41, 5.74) is 12.0. The normalized spacial score (nSPS) is 19.0. The third kappa shape index (κ3) is 5.27. The van der Waals surface area contributed by atoms with Gasteiger partial charge >= 0.3 is 0 Å². The molecule has 2 aliphatic heterocycles. The van der Waals surface area contributed by atoms with Crippen molar-refractivity contribution in [1.29, 1.82) is 0 Å². The molecule has 9 heteroatoms. The highest BCUT2D eigenvalue weighted by molar-refractivity contribution is 5.95. The number of rotatable bonds is 4. The van der Waals surface area contributed by atoms with Gasteiger partial charge in [0.1, 0.15) is 11.4 Å². The zero-order chi connectivity index (χ0) is 19.4. The average molecular weight is 411 g/mol. The maximum atomic E-state index is 12.9. The fourth-order valence-electron chi connectivity index (χ4n) is 3.85. The quantitative estimate of drug-likeness (QED) is 0.564. The molecule has 0 atom stereocenters. The van der Waals surface area contributed by atoms with E-state index >= 15 is 0 Å². The van der Waals surface area contributed by atoms with Crippen LogP contribution < -0.4 is 16.2 Å². The lowest BCUT2D eigenvalue weighted by atomic mass is 10.0. The lowest BCUT2D eigenvalue weighted by Gasteiger charge is -2.42. The van der Waals surface area contributed by atoms with Gasteiger partial charge in [-0.1, -0.05) is 0 Å². The number of piperazine rings is 1. The van der Waals surface area contributed by atoms with Gasteiger partial charge in [0.2, 0.25) is 0 Å². The number of hydrogen-bond donors (Lipinski definition) is 2. The highest BCUT2D eigenvalue weighted by atomic mass is 35.5. The first-order valence-electron chi connectivity index (χ1n) is 9.47. The molecule has 4 N–H and O–H groups in total. The summed E-state index contributed by atoms with van der Waals surface area (Å²) < 4.78 is 5.33. The second kappa shape index (κ2) is 9.95. The first kappa shape index (κ1) is 22.3. The van der Waals surface area contributed by atoms with Crippen molar-refractivity contribution in [3.63, 3.8) is 0 Å². The zero-order valence-electron chi connectivity index (χ0n) is 16.6. The number of piperidine rings is 1. The van der Waals surface area contributed by atoms with Gasteiger partial charge in [-0.05, 0) is 38.1 Å². The molecule has 1 aromatic rings. The van der Waals surface area contributed by atoms with E-state index in [1.54, 1.807) is 18.2 Å². The molecule has 0 saturated carbocycles. The van der Waals surface area contributed by atoms with Crippen LogP contribution in [-0.4, -0.2) is 86.0 Å². The molecule has 2 aliphatic rings. The van der Waals surface area contributed by atoms with Gasteiger partial charge in [0.25, 0.3) is 5.91 Å². The Kier molecular flexibility index (Phi) is 7.91. The van der Waals surface area contributed by atoms with Gasteiger partial charge in [0.05, 0.1) is 7.11 Å². The summed E-state index contributed by atoms with van der Waals surface area (Å²) in [4.78, 5) is 23.8. The van der Waals surface area contributed by atoms with Crippen LogP contribution in [0, 0.1) is 0 Å². The van der Waals surface area contributed by atoms with Gasteiger partial charge in [-0.3, -0.25) is 9.69 Å². The Morgan fingerprint density at radius 1 is 1.11 bits per heavy atom. The fourth-order valence-corrected chi connectivity index (χ4v) is 3.85. The van der Waals surface area contributed by atoms with Crippen molar-refractivity contribution >= 4 is 30.0 Å². The topological polar surface area (TPSA) is 100 Å². The molecule has 0 bridgehead atoms. The van der Waals surface area contributed by atoms with Crippen LogP contribution in [0.25, 0.3) is 0 Å². The van der Waals surface area contributed by atoms with E-state index in [-0.39, 0.29) is 24.3 Å². The molecule has 0 aromatic heterocycles. The molecular weight excluding hydrogens is 380 g/mol. The van der Waals surface area contributed by atoms with E-state index in [4.69, 9.17) is 16.2 Å². The zero-order valence-corrected chi connectivity index (χ0v) is 17.5. The molecule has 1 aromatic carbocycles. The minimum Gasteiger partial charge on any atom is -0.494 e. The van der Waals surface area contributed by atoms with Crippen LogP contribution in [0.2, 0.25) is 0 Å². The predicted octanol–water partition coefficient (Wildman–Crippen LogP) is 0.874. The lowest BCUT2D eigenvalue weighted by Crippen LogP contribution is -2.52. The largest absolute Gasteiger partial charge is 0.494 e. The lowest BCUT2D eigenvalue weighted by molar-refractivity contribution is 0.0518. The molecule has 2 heterocycles. The van der Waals surface area contributed by atoms with Crippen LogP contribution in [0.4, 0.5) is 5.69 Å². The maximum Gasteiger partial charge on any atom is 0.253 e.